The Kier molecular flexibility index (Phi) is 5.45. The molecule has 0 radical (unpaired) electrons. The van der Waals surface area contributed by atoms with Crippen molar-refractivity contribution in [1.82, 2.24) is 10.6 Å². The van der Waals surface area contributed by atoms with E-state index >= 15 is 0 Å². The maximum atomic E-state index is 11.8. The monoisotopic (exact) mass is 302 g/mol. The molecule has 4 nitrogen and oxygen atoms in total. The third kappa shape index (κ3) is 4.66. The molecule has 1 aromatic rings. The first-order chi connectivity index (χ1) is 9.15. The van der Waals surface area contributed by atoms with Gasteiger partial charge in [-0.15, -0.1) is 0 Å². The molecule has 1 saturated heterocycles. The van der Waals surface area contributed by atoms with Gasteiger partial charge in [0.2, 0.25) is 5.91 Å². The molecule has 1 aliphatic rings. The summed E-state index contributed by atoms with van der Waals surface area (Å²) in [5.74, 6) is -0.0194. The molecule has 1 unspecified atom stereocenters. The van der Waals surface area contributed by atoms with E-state index in [2.05, 4.69) is 10.6 Å². The number of amides is 1. The predicted molar refractivity (Wildman–Crippen MR) is 75.5 cm³/mol. The molecule has 0 spiro atoms. The molecule has 1 aromatic carbocycles. The van der Waals surface area contributed by atoms with Crippen molar-refractivity contribution in [2.24, 2.45) is 0 Å². The van der Waals surface area contributed by atoms with Crippen molar-refractivity contribution in [2.75, 3.05) is 19.8 Å². The molecule has 2 N–H and O–H groups in total. The summed E-state index contributed by atoms with van der Waals surface area (Å²) >= 11 is 11.9. The maximum Gasteiger partial charge on any atom is 0.221 e. The van der Waals surface area contributed by atoms with Crippen LogP contribution in [0.1, 0.15) is 12.0 Å². The van der Waals surface area contributed by atoms with Crippen LogP contribution in [0.25, 0.3) is 0 Å². The highest BCUT2D eigenvalue weighted by molar-refractivity contribution is 6.35. The lowest BCUT2D eigenvalue weighted by atomic mass is 10.2. The lowest BCUT2D eigenvalue weighted by Gasteiger charge is -2.23. The minimum atomic E-state index is -0.0194. The van der Waals surface area contributed by atoms with Gasteiger partial charge in [-0.2, -0.15) is 0 Å². The highest BCUT2D eigenvalue weighted by Gasteiger charge is 2.16. The second kappa shape index (κ2) is 7.10. The van der Waals surface area contributed by atoms with Crippen LogP contribution in [-0.2, 0) is 16.1 Å². The number of morpholine rings is 1. The highest BCUT2D eigenvalue weighted by atomic mass is 35.5. The normalized spacial score (nSPS) is 19.2. The molecule has 1 amide bonds. The standard InChI is InChI=1S/C13H16Cl2N2O2/c14-10-2-1-9(12(15)5-10)7-17-13(18)6-11-8-19-4-3-16-11/h1-2,5,11,16H,3-4,6-8H2,(H,17,18). The zero-order chi connectivity index (χ0) is 13.7. The first-order valence-corrected chi connectivity index (χ1v) is 6.92. The molecule has 104 valence electrons. The van der Waals surface area contributed by atoms with E-state index in [4.69, 9.17) is 27.9 Å². The van der Waals surface area contributed by atoms with E-state index in [1.165, 1.54) is 0 Å². The summed E-state index contributed by atoms with van der Waals surface area (Å²) in [5, 5.41) is 7.23. The Bertz CT molecular complexity index is 448. The Morgan fingerprint density at radius 2 is 2.32 bits per heavy atom. The SMILES string of the molecule is O=C(CC1COCCN1)NCc1ccc(Cl)cc1Cl. The van der Waals surface area contributed by atoms with Crippen molar-refractivity contribution in [1.29, 1.82) is 0 Å². The van der Waals surface area contributed by atoms with Crippen molar-refractivity contribution >= 4 is 29.1 Å². The number of hydrogen-bond acceptors (Lipinski definition) is 3. The van der Waals surface area contributed by atoms with Crippen LogP contribution < -0.4 is 10.6 Å². The topological polar surface area (TPSA) is 50.4 Å². The van der Waals surface area contributed by atoms with E-state index < -0.39 is 0 Å². The molecule has 1 heterocycles. The fourth-order valence-electron chi connectivity index (χ4n) is 1.91. The number of nitrogens with one attached hydrogen (secondary N) is 2. The van der Waals surface area contributed by atoms with E-state index in [9.17, 15) is 4.79 Å². The lowest BCUT2D eigenvalue weighted by Crippen LogP contribution is -2.44. The van der Waals surface area contributed by atoms with Crippen molar-refractivity contribution in [3.63, 3.8) is 0 Å². The Labute approximate surface area is 122 Å². The van der Waals surface area contributed by atoms with E-state index in [-0.39, 0.29) is 11.9 Å². The van der Waals surface area contributed by atoms with Gasteiger partial charge in [0.05, 0.1) is 13.2 Å². The largest absolute Gasteiger partial charge is 0.378 e. The molecule has 1 atom stereocenters. The molecule has 19 heavy (non-hydrogen) atoms. The van der Waals surface area contributed by atoms with E-state index in [1.54, 1.807) is 12.1 Å². The van der Waals surface area contributed by atoms with Crippen LogP contribution >= 0.6 is 23.2 Å². The zero-order valence-electron chi connectivity index (χ0n) is 10.4. The molecule has 2 rings (SSSR count). The second-order valence-electron chi connectivity index (χ2n) is 4.44. The Balaban J connectivity index is 1.79. The van der Waals surface area contributed by atoms with Gasteiger partial charge in [0.25, 0.3) is 0 Å². The van der Waals surface area contributed by atoms with Crippen LogP contribution in [0.15, 0.2) is 18.2 Å². The third-order valence-electron chi connectivity index (χ3n) is 2.92. The summed E-state index contributed by atoms with van der Waals surface area (Å²) in [6.07, 6.45) is 0.408. The Hall–Kier alpha value is -0.810. The molecular formula is C13H16Cl2N2O2. The maximum absolute atomic E-state index is 11.8. The van der Waals surface area contributed by atoms with Gasteiger partial charge in [-0.25, -0.2) is 0 Å². The van der Waals surface area contributed by atoms with Crippen LogP contribution in [0.3, 0.4) is 0 Å². The number of ether oxygens (including phenoxy) is 1. The van der Waals surface area contributed by atoms with Gasteiger partial charge in [-0.05, 0) is 17.7 Å². The first-order valence-electron chi connectivity index (χ1n) is 6.17. The van der Waals surface area contributed by atoms with Crippen molar-refractivity contribution in [3.8, 4) is 0 Å². The van der Waals surface area contributed by atoms with Crippen LogP contribution in [0.2, 0.25) is 10.0 Å². The minimum absolute atomic E-state index is 0.0194. The zero-order valence-corrected chi connectivity index (χ0v) is 11.9. The van der Waals surface area contributed by atoms with Crippen LogP contribution in [0, 0.1) is 0 Å². The average Bonchev–Trinajstić information content (AvgIpc) is 2.39. The number of hydrogen-bond donors (Lipinski definition) is 2. The fraction of sp³-hybridized carbons (Fsp3) is 0.462. The predicted octanol–water partition coefficient (Wildman–Crippen LogP) is 1.99. The fourth-order valence-corrected chi connectivity index (χ4v) is 2.38. The van der Waals surface area contributed by atoms with Gasteiger partial charge in [-0.3, -0.25) is 4.79 Å². The quantitative estimate of drug-likeness (QED) is 0.894. The Morgan fingerprint density at radius 3 is 3.00 bits per heavy atom. The van der Waals surface area contributed by atoms with Crippen molar-refractivity contribution in [3.05, 3.63) is 33.8 Å². The minimum Gasteiger partial charge on any atom is -0.378 e. The van der Waals surface area contributed by atoms with Gasteiger partial charge in [0, 0.05) is 35.6 Å². The summed E-state index contributed by atoms with van der Waals surface area (Å²) in [6, 6.07) is 5.33. The first kappa shape index (κ1) is 14.6. The van der Waals surface area contributed by atoms with Crippen LogP contribution in [0.5, 0.6) is 0 Å². The number of carbonyl (C=O) groups is 1. The molecular weight excluding hydrogens is 287 g/mol. The summed E-state index contributed by atoms with van der Waals surface area (Å²) in [5.41, 5.74) is 0.854. The summed E-state index contributed by atoms with van der Waals surface area (Å²) in [7, 11) is 0. The van der Waals surface area contributed by atoms with E-state index in [0.29, 0.717) is 36.2 Å². The number of carbonyl (C=O) groups excluding carboxylic acids is 1. The van der Waals surface area contributed by atoms with Crippen molar-refractivity contribution < 1.29 is 9.53 Å². The number of benzene rings is 1. The van der Waals surface area contributed by atoms with Gasteiger partial charge in [0.1, 0.15) is 0 Å². The third-order valence-corrected chi connectivity index (χ3v) is 3.51. The molecule has 0 aromatic heterocycles. The van der Waals surface area contributed by atoms with Gasteiger partial charge in [-0.1, -0.05) is 29.3 Å². The molecule has 6 heteroatoms. The molecule has 0 saturated carbocycles. The van der Waals surface area contributed by atoms with Crippen LogP contribution in [-0.4, -0.2) is 31.7 Å². The lowest BCUT2D eigenvalue weighted by molar-refractivity contribution is -0.122. The second-order valence-corrected chi connectivity index (χ2v) is 5.29. The summed E-state index contributed by atoms with van der Waals surface area (Å²) in [4.78, 5) is 11.8. The molecule has 0 bridgehead atoms. The molecule has 0 aliphatic carbocycles. The molecule has 1 aliphatic heterocycles. The van der Waals surface area contributed by atoms with Gasteiger partial charge < -0.3 is 15.4 Å². The Morgan fingerprint density at radius 1 is 1.47 bits per heavy atom. The van der Waals surface area contributed by atoms with Crippen molar-refractivity contribution in [2.45, 2.75) is 19.0 Å². The molecule has 1 fully saturated rings. The smallest absolute Gasteiger partial charge is 0.221 e. The average molecular weight is 303 g/mol. The summed E-state index contributed by atoms with van der Waals surface area (Å²) < 4.78 is 5.30. The van der Waals surface area contributed by atoms with Gasteiger partial charge >= 0.3 is 0 Å². The van der Waals surface area contributed by atoms with Gasteiger partial charge in [0.15, 0.2) is 0 Å². The number of rotatable bonds is 4. The highest BCUT2D eigenvalue weighted by Crippen LogP contribution is 2.20. The van der Waals surface area contributed by atoms with Crippen LogP contribution in [0.4, 0.5) is 0 Å². The summed E-state index contributed by atoms with van der Waals surface area (Å²) in [6.45, 7) is 2.48. The van der Waals surface area contributed by atoms with E-state index in [1.807, 2.05) is 6.07 Å². The number of halogens is 2. The van der Waals surface area contributed by atoms with E-state index in [0.717, 1.165) is 12.1 Å².